The summed E-state index contributed by atoms with van der Waals surface area (Å²) in [7, 11) is 0. The van der Waals surface area contributed by atoms with Crippen molar-refractivity contribution >= 4 is 17.3 Å². The van der Waals surface area contributed by atoms with Crippen molar-refractivity contribution in [3.05, 3.63) is 53.1 Å². The standard InChI is InChI=1S/C12H12ClN3/c1-9-4-5-14-6-10(9)7-15-11-2-3-12(13)16-8-11/h2-6,8,15H,7H2,1H3. The number of hydrogen-bond donors (Lipinski definition) is 1. The number of rotatable bonds is 3. The van der Waals surface area contributed by atoms with Crippen molar-refractivity contribution in [3.63, 3.8) is 0 Å². The molecule has 0 aliphatic heterocycles. The number of aromatic nitrogens is 2. The molecule has 2 rings (SSSR count). The van der Waals surface area contributed by atoms with E-state index in [2.05, 4.69) is 22.2 Å². The molecule has 2 heterocycles. The second kappa shape index (κ2) is 4.94. The van der Waals surface area contributed by atoms with Crippen molar-refractivity contribution in [3.8, 4) is 0 Å². The zero-order valence-electron chi connectivity index (χ0n) is 8.94. The summed E-state index contributed by atoms with van der Waals surface area (Å²) in [5.74, 6) is 0. The van der Waals surface area contributed by atoms with Crippen molar-refractivity contribution < 1.29 is 0 Å². The molecule has 0 aromatic carbocycles. The van der Waals surface area contributed by atoms with Crippen LogP contribution in [-0.4, -0.2) is 9.97 Å². The Morgan fingerprint density at radius 3 is 2.81 bits per heavy atom. The van der Waals surface area contributed by atoms with Crippen LogP contribution in [0.4, 0.5) is 5.69 Å². The summed E-state index contributed by atoms with van der Waals surface area (Å²) in [4.78, 5) is 8.10. The first-order chi connectivity index (χ1) is 7.75. The van der Waals surface area contributed by atoms with E-state index >= 15 is 0 Å². The molecule has 0 amide bonds. The summed E-state index contributed by atoms with van der Waals surface area (Å²) in [6.45, 7) is 2.81. The van der Waals surface area contributed by atoms with Crippen molar-refractivity contribution in [1.29, 1.82) is 0 Å². The van der Waals surface area contributed by atoms with Crippen LogP contribution in [0.3, 0.4) is 0 Å². The van der Waals surface area contributed by atoms with Crippen molar-refractivity contribution in [2.45, 2.75) is 13.5 Å². The average Bonchev–Trinajstić information content (AvgIpc) is 2.30. The third kappa shape index (κ3) is 2.70. The van der Waals surface area contributed by atoms with Crippen molar-refractivity contribution in [2.24, 2.45) is 0 Å². The van der Waals surface area contributed by atoms with E-state index < -0.39 is 0 Å². The van der Waals surface area contributed by atoms with Crippen LogP contribution in [0.5, 0.6) is 0 Å². The van der Waals surface area contributed by atoms with E-state index in [0.29, 0.717) is 5.15 Å². The van der Waals surface area contributed by atoms with Crippen LogP contribution < -0.4 is 5.32 Å². The topological polar surface area (TPSA) is 37.8 Å². The van der Waals surface area contributed by atoms with Gasteiger partial charge in [-0.15, -0.1) is 0 Å². The van der Waals surface area contributed by atoms with Gasteiger partial charge in [0.2, 0.25) is 0 Å². The van der Waals surface area contributed by atoms with Gasteiger partial charge in [0.1, 0.15) is 5.15 Å². The van der Waals surface area contributed by atoms with Gasteiger partial charge in [-0.05, 0) is 36.2 Å². The lowest BCUT2D eigenvalue weighted by Gasteiger charge is -2.07. The highest BCUT2D eigenvalue weighted by Crippen LogP contribution is 2.12. The van der Waals surface area contributed by atoms with Gasteiger partial charge in [0.15, 0.2) is 0 Å². The van der Waals surface area contributed by atoms with Gasteiger partial charge < -0.3 is 5.32 Å². The molecule has 0 radical (unpaired) electrons. The largest absolute Gasteiger partial charge is 0.380 e. The van der Waals surface area contributed by atoms with Crippen LogP contribution in [0.1, 0.15) is 11.1 Å². The van der Waals surface area contributed by atoms with Crippen LogP contribution >= 0.6 is 11.6 Å². The number of nitrogens with one attached hydrogen (secondary N) is 1. The van der Waals surface area contributed by atoms with Gasteiger partial charge in [-0.25, -0.2) is 4.98 Å². The highest BCUT2D eigenvalue weighted by molar-refractivity contribution is 6.29. The first-order valence-electron chi connectivity index (χ1n) is 5.00. The quantitative estimate of drug-likeness (QED) is 0.828. The molecule has 0 bridgehead atoms. The Morgan fingerprint density at radius 2 is 2.12 bits per heavy atom. The minimum Gasteiger partial charge on any atom is -0.380 e. The van der Waals surface area contributed by atoms with E-state index in [1.54, 1.807) is 18.5 Å². The number of aryl methyl sites for hydroxylation is 1. The Morgan fingerprint density at radius 1 is 1.25 bits per heavy atom. The summed E-state index contributed by atoms with van der Waals surface area (Å²) in [6, 6.07) is 5.66. The molecule has 0 saturated carbocycles. The number of anilines is 1. The lowest BCUT2D eigenvalue weighted by Crippen LogP contribution is -2.01. The molecule has 0 saturated heterocycles. The van der Waals surface area contributed by atoms with Crippen LogP contribution in [0.15, 0.2) is 36.8 Å². The first kappa shape index (κ1) is 10.9. The Balaban J connectivity index is 2.02. The second-order valence-electron chi connectivity index (χ2n) is 3.53. The van der Waals surface area contributed by atoms with Crippen LogP contribution in [0.2, 0.25) is 5.15 Å². The Bertz CT molecular complexity index is 468. The molecule has 4 heteroatoms. The Labute approximate surface area is 99.5 Å². The molecule has 2 aromatic rings. The fourth-order valence-corrected chi connectivity index (χ4v) is 1.47. The molecule has 2 aromatic heterocycles. The minimum absolute atomic E-state index is 0.503. The predicted molar refractivity (Wildman–Crippen MR) is 65.5 cm³/mol. The first-order valence-corrected chi connectivity index (χ1v) is 5.38. The maximum atomic E-state index is 5.71. The molecule has 0 aliphatic rings. The normalized spacial score (nSPS) is 10.1. The molecule has 0 unspecified atom stereocenters. The number of nitrogens with zero attached hydrogens (tertiary/aromatic N) is 2. The van der Waals surface area contributed by atoms with E-state index in [9.17, 15) is 0 Å². The summed E-state index contributed by atoms with van der Waals surface area (Å²) in [6.07, 6.45) is 5.38. The lowest BCUT2D eigenvalue weighted by atomic mass is 10.1. The fraction of sp³-hybridized carbons (Fsp3) is 0.167. The van der Waals surface area contributed by atoms with Gasteiger partial charge in [-0.3, -0.25) is 4.98 Å². The van der Waals surface area contributed by atoms with E-state index in [1.165, 1.54) is 11.1 Å². The molecule has 0 fully saturated rings. The molecular formula is C12H12ClN3. The third-order valence-corrected chi connectivity index (χ3v) is 2.58. The predicted octanol–water partition coefficient (Wildman–Crippen LogP) is 3.05. The van der Waals surface area contributed by atoms with Gasteiger partial charge in [0.05, 0.1) is 11.9 Å². The molecule has 1 N–H and O–H groups in total. The van der Waals surface area contributed by atoms with Crippen LogP contribution in [0, 0.1) is 6.92 Å². The molecule has 3 nitrogen and oxygen atoms in total. The average molecular weight is 234 g/mol. The maximum absolute atomic E-state index is 5.71. The van der Waals surface area contributed by atoms with Crippen LogP contribution in [-0.2, 0) is 6.54 Å². The summed E-state index contributed by atoms with van der Waals surface area (Å²) < 4.78 is 0. The van der Waals surface area contributed by atoms with Gasteiger partial charge >= 0.3 is 0 Å². The van der Waals surface area contributed by atoms with Gasteiger partial charge in [-0.1, -0.05) is 11.6 Å². The third-order valence-electron chi connectivity index (χ3n) is 2.36. The SMILES string of the molecule is Cc1ccncc1CNc1ccc(Cl)nc1. The zero-order valence-corrected chi connectivity index (χ0v) is 9.70. The van der Waals surface area contributed by atoms with E-state index in [0.717, 1.165) is 12.2 Å². The van der Waals surface area contributed by atoms with E-state index in [1.807, 2.05) is 18.3 Å². The Kier molecular flexibility index (Phi) is 3.37. The zero-order chi connectivity index (χ0) is 11.4. The lowest BCUT2D eigenvalue weighted by molar-refractivity contribution is 1.08. The summed E-state index contributed by atoms with van der Waals surface area (Å²) in [5.41, 5.74) is 3.36. The molecular weight excluding hydrogens is 222 g/mol. The molecule has 82 valence electrons. The second-order valence-corrected chi connectivity index (χ2v) is 3.91. The summed E-state index contributed by atoms with van der Waals surface area (Å²) in [5, 5.41) is 3.77. The van der Waals surface area contributed by atoms with E-state index in [-0.39, 0.29) is 0 Å². The van der Waals surface area contributed by atoms with E-state index in [4.69, 9.17) is 11.6 Å². The molecule has 16 heavy (non-hydrogen) atoms. The van der Waals surface area contributed by atoms with Gasteiger partial charge in [-0.2, -0.15) is 0 Å². The number of hydrogen-bond acceptors (Lipinski definition) is 3. The maximum Gasteiger partial charge on any atom is 0.129 e. The van der Waals surface area contributed by atoms with Gasteiger partial charge in [0, 0.05) is 18.9 Å². The van der Waals surface area contributed by atoms with Gasteiger partial charge in [0.25, 0.3) is 0 Å². The number of halogens is 1. The molecule has 0 spiro atoms. The molecule has 0 aliphatic carbocycles. The van der Waals surface area contributed by atoms with Crippen molar-refractivity contribution in [1.82, 2.24) is 9.97 Å². The molecule has 0 atom stereocenters. The monoisotopic (exact) mass is 233 g/mol. The summed E-state index contributed by atoms with van der Waals surface area (Å²) >= 11 is 5.71. The Hall–Kier alpha value is -1.61. The minimum atomic E-state index is 0.503. The van der Waals surface area contributed by atoms with Crippen molar-refractivity contribution in [2.75, 3.05) is 5.32 Å². The highest BCUT2D eigenvalue weighted by atomic mass is 35.5. The smallest absolute Gasteiger partial charge is 0.129 e. The fourth-order valence-electron chi connectivity index (χ4n) is 1.36. The highest BCUT2D eigenvalue weighted by Gasteiger charge is 1.98. The number of pyridine rings is 2. The van der Waals surface area contributed by atoms with Crippen LogP contribution in [0.25, 0.3) is 0 Å².